The number of hydrogen-bond acceptors (Lipinski definition) is 5. The second kappa shape index (κ2) is 6.92. The molecule has 5 nitrogen and oxygen atoms in total. The van der Waals surface area contributed by atoms with Gasteiger partial charge in [0.15, 0.2) is 9.84 Å². The molecule has 1 unspecified atom stereocenters. The van der Waals surface area contributed by atoms with Crippen molar-refractivity contribution in [1.82, 2.24) is 4.90 Å². The van der Waals surface area contributed by atoms with Gasteiger partial charge in [0.2, 0.25) is 0 Å². The van der Waals surface area contributed by atoms with E-state index in [0.29, 0.717) is 25.9 Å². The molecule has 0 aliphatic carbocycles. The summed E-state index contributed by atoms with van der Waals surface area (Å²) in [5.41, 5.74) is 1.10. The van der Waals surface area contributed by atoms with Gasteiger partial charge in [0.05, 0.1) is 24.7 Å². The monoisotopic (exact) mass is 308 g/mol. The van der Waals surface area contributed by atoms with Crippen LogP contribution in [-0.2, 0) is 16.4 Å². The summed E-state index contributed by atoms with van der Waals surface area (Å²) in [6, 6.07) is 9.89. The number of benzene rings is 1. The molecule has 1 fully saturated rings. The molecule has 114 valence electrons. The van der Waals surface area contributed by atoms with Crippen molar-refractivity contribution < 1.29 is 13.2 Å². The highest BCUT2D eigenvalue weighted by molar-refractivity contribution is 7.91. The molecule has 0 saturated carbocycles. The Morgan fingerprint density at radius 1 is 1.38 bits per heavy atom. The van der Waals surface area contributed by atoms with E-state index >= 15 is 0 Å². The van der Waals surface area contributed by atoms with Crippen molar-refractivity contribution in [3.63, 3.8) is 0 Å². The normalized spacial score (nSPS) is 20.3. The fourth-order valence-corrected chi connectivity index (χ4v) is 4.37. The summed E-state index contributed by atoms with van der Waals surface area (Å²) >= 11 is 0. The van der Waals surface area contributed by atoms with E-state index in [1.54, 1.807) is 7.11 Å². The molecule has 1 aliphatic heterocycles. The summed E-state index contributed by atoms with van der Waals surface area (Å²) in [5, 5.41) is 8.78. The van der Waals surface area contributed by atoms with E-state index in [1.165, 1.54) is 0 Å². The summed E-state index contributed by atoms with van der Waals surface area (Å²) < 4.78 is 28.4. The second-order valence-electron chi connectivity index (χ2n) is 5.28. The minimum absolute atomic E-state index is 0.0189. The van der Waals surface area contributed by atoms with Gasteiger partial charge in [-0.05, 0) is 24.1 Å². The van der Waals surface area contributed by atoms with Gasteiger partial charge in [0.25, 0.3) is 0 Å². The Bertz CT molecular complexity index is 605. The minimum Gasteiger partial charge on any atom is -0.497 e. The van der Waals surface area contributed by atoms with Gasteiger partial charge in [-0.2, -0.15) is 5.26 Å². The zero-order valence-electron chi connectivity index (χ0n) is 12.2. The molecule has 21 heavy (non-hydrogen) atoms. The molecule has 1 aromatic rings. The molecule has 2 rings (SSSR count). The summed E-state index contributed by atoms with van der Waals surface area (Å²) in [7, 11) is -1.29. The molecule has 0 radical (unpaired) electrons. The van der Waals surface area contributed by atoms with Crippen LogP contribution < -0.4 is 4.74 Å². The molecule has 1 aromatic carbocycles. The largest absolute Gasteiger partial charge is 0.497 e. The van der Waals surface area contributed by atoms with Crippen molar-refractivity contribution in [1.29, 1.82) is 5.26 Å². The summed E-state index contributed by atoms with van der Waals surface area (Å²) in [4.78, 5) is 2.11. The van der Waals surface area contributed by atoms with E-state index in [-0.39, 0.29) is 17.5 Å². The predicted molar refractivity (Wildman–Crippen MR) is 80.7 cm³/mol. The molecule has 1 heterocycles. The zero-order valence-corrected chi connectivity index (χ0v) is 13.0. The molecule has 0 spiro atoms. The van der Waals surface area contributed by atoms with Gasteiger partial charge in [0, 0.05) is 25.6 Å². The van der Waals surface area contributed by atoms with Crippen LogP contribution in [0.3, 0.4) is 0 Å². The highest BCUT2D eigenvalue weighted by atomic mass is 32.2. The molecule has 1 aliphatic rings. The van der Waals surface area contributed by atoms with E-state index in [4.69, 9.17) is 10.00 Å². The average Bonchev–Trinajstić information content (AvgIpc) is 2.84. The van der Waals surface area contributed by atoms with E-state index < -0.39 is 9.84 Å². The minimum atomic E-state index is -2.91. The van der Waals surface area contributed by atoms with Crippen LogP contribution >= 0.6 is 0 Å². The molecule has 1 atom stereocenters. The summed E-state index contributed by atoms with van der Waals surface area (Å²) in [5.74, 6) is 1.25. The van der Waals surface area contributed by atoms with E-state index in [9.17, 15) is 8.42 Å². The van der Waals surface area contributed by atoms with E-state index in [1.807, 2.05) is 24.3 Å². The fourth-order valence-electron chi connectivity index (χ4n) is 2.61. The van der Waals surface area contributed by atoms with Crippen LogP contribution in [0.25, 0.3) is 0 Å². The zero-order chi connectivity index (χ0) is 15.3. The van der Waals surface area contributed by atoms with Gasteiger partial charge >= 0.3 is 0 Å². The Morgan fingerprint density at radius 3 is 2.62 bits per heavy atom. The van der Waals surface area contributed by atoms with Crippen LogP contribution in [0.15, 0.2) is 24.3 Å². The molecular weight excluding hydrogens is 288 g/mol. The van der Waals surface area contributed by atoms with Gasteiger partial charge in [0.1, 0.15) is 5.75 Å². The standard InChI is InChI=1S/C15H20N2O3S/c1-20-15-5-3-13(4-6-15)11-17(9-2-8-16)14-7-10-21(18,19)12-14/h3-6,14H,2,7,9-12H2,1H3. The maximum Gasteiger partial charge on any atom is 0.151 e. The number of methoxy groups -OCH3 is 1. The van der Waals surface area contributed by atoms with Crippen molar-refractivity contribution >= 4 is 9.84 Å². The lowest BCUT2D eigenvalue weighted by atomic mass is 10.1. The Hall–Kier alpha value is -1.58. The third kappa shape index (κ3) is 4.45. The number of nitrogens with zero attached hydrogens (tertiary/aromatic N) is 2. The lowest BCUT2D eigenvalue weighted by Gasteiger charge is -2.27. The van der Waals surface area contributed by atoms with Crippen LogP contribution in [0.2, 0.25) is 0 Å². The Morgan fingerprint density at radius 2 is 2.10 bits per heavy atom. The second-order valence-corrected chi connectivity index (χ2v) is 7.51. The lowest BCUT2D eigenvalue weighted by molar-refractivity contribution is 0.208. The first-order valence-electron chi connectivity index (χ1n) is 6.98. The average molecular weight is 308 g/mol. The van der Waals surface area contributed by atoms with Crippen LogP contribution in [-0.4, -0.2) is 44.5 Å². The maximum absolute atomic E-state index is 11.6. The first kappa shape index (κ1) is 15.8. The topological polar surface area (TPSA) is 70.4 Å². The number of hydrogen-bond donors (Lipinski definition) is 0. The first-order chi connectivity index (χ1) is 10.0. The molecule has 0 amide bonds. The third-order valence-electron chi connectivity index (χ3n) is 3.78. The highest BCUT2D eigenvalue weighted by Gasteiger charge is 2.31. The van der Waals surface area contributed by atoms with Gasteiger partial charge in [-0.1, -0.05) is 12.1 Å². The van der Waals surface area contributed by atoms with Crippen LogP contribution in [0.1, 0.15) is 18.4 Å². The summed E-state index contributed by atoms with van der Waals surface area (Å²) in [6.07, 6.45) is 1.07. The molecular formula is C15H20N2O3S. The number of ether oxygens (including phenoxy) is 1. The molecule has 6 heteroatoms. The van der Waals surface area contributed by atoms with Gasteiger partial charge < -0.3 is 4.74 Å². The molecule has 1 saturated heterocycles. The van der Waals surface area contributed by atoms with Crippen molar-refractivity contribution in [2.45, 2.75) is 25.4 Å². The smallest absolute Gasteiger partial charge is 0.151 e. The van der Waals surface area contributed by atoms with Crippen LogP contribution in [0.5, 0.6) is 5.75 Å². The number of nitriles is 1. The Balaban J connectivity index is 2.07. The van der Waals surface area contributed by atoms with Crippen molar-refractivity contribution in [3.8, 4) is 11.8 Å². The SMILES string of the molecule is COc1ccc(CN(CCC#N)C2CCS(=O)(=O)C2)cc1. The van der Waals surface area contributed by atoms with Gasteiger partial charge in [-0.25, -0.2) is 8.42 Å². The Kier molecular flexibility index (Phi) is 5.21. The fraction of sp³-hybridized carbons (Fsp3) is 0.533. The lowest BCUT2D eigenvalue weighted by Crippen LogP contribution is -2.36. The third-order valence-corrected chi connectivity index (χ3v) is 5.53. The quantitative estimate of drug-likeness (QED) is 0.798. The van der Waals surface area contributed by atoms with E-state index in [0.717, 1.165) is 11.3 Å². The van der Waals surface area contributed by atoms with Crippen molar-refractivity contribution in [2.75, 3.05) is 25.2 Å². The van der Waals surface area contributed by atoms with Gasteiger partial charge in [-0.3, -0.25) is 4.90 Å². The van der Waals surface area contributed by atoms with Crippen molar-refractivity contribution in [3.05, 3.63) is 29.8 Å². The summed E-state index contributed by atoms with van der Waals surface area (Å²) in [6.45, 7) is 1.26. The number of rotatable bonds is 6. The predicted octanol–water partition coefficient (Wildman–Crippen LogP) is 1.60. The molecule has 0 N–H and O–H groups in total. The van der Waals surface area contributed by atoms with Crippen LogP contribution in [0, 0.1) is 11.3 Å². The van der Waals surface area contributed by atoms with Crippen LogP contribution in [0.4, 0.5) is 0 Å². The first-order valence-corrected chi connectivity index (χ1v) is 8.80. The van der Waals surface area contributed by atoms with E-state index in [2.05, 4.69) is 11.0 Å². The maximum atomic E-state index is 11.6. The Labute approximate surface area is 126 Å². The van der Waals surface area contributed by atoms with Gasteiger partial charge in [-0.15, -0.1) is 0 Å². The molecule has 0 aromatic heterocycles. The van der Waals surface area contributed by atoms with Crippen molar-refractivity contribution in [2.24, 2.45) is 0 Å². The molecule has 0 bridgehead atoms. The highest BCUT2D eigenvalue weighted by Crippen LogP contribution is 2.21. The number of sulfone groups is 1.